The zero-order chi connectivity index (χ0) is 14.3. The maximum Gasteiger partial charge on any atom is 0.280 e. The van der Waals surface area contributed by atoms with Crippen LogP contribution in [0.1, 0.15) is 30.3 Å². The van der Waals surface area contributed by atoms with Crippen LogP contribution in [0.3, 0.4) is 0 Å². The van der Waals surface area contributed by atoms with Crippen LogP contribution in [0.2, 0.25) is 0 Å². The first kappa shape index (κ1) is 13.1. The second-order valence-electron chi connectivity index (χ2n) is 4.90. The first-order chi connectivity index (χ1) is 9.63. The Morgan fingerprint density at radius 2 is 2.20 bits per heavy atom. The van der Waals surface area contributed by atoms with Gasteiger partial charge in [-0.25, -0.2) is 0 Å². The largest absolute Gasteiger partial charge is 0.307 e. The van der Waals surface area contributed by atoms with E-state index in [1.807, 2.05) is 17.6 Å². The third kappa shape index (κ3) is 2.06. The molecule has 20 heavy (non-hydrogen) atoms. The van der Waals surface area contributed by atoms with Gasteiger partial charge in [-0.05, 0) is 25.3 Å². The predicted molar refractivity (Wildman–Crippen MR) is 74.7 cm³/mol. The van der Waals surface area contributed by atoms with Gasteiger partial charge in [-0.15, -0.1) is 21.8 Å². The van der Waals surface area contributed by atoms with Gasteiger partial charge in [0.05, 0.1) is 16.4 Å². The van der Waals surface area contributed by atoms with E-state index in [1.165, 1.54) is 6.07 Å². The lowest BCUT2D eigenvalue weighted by Crippen LogP contribution is -2.04. The summed E-state index contributed by atoms with van der Waals surface area (Å²) in [5.41, 5.74) is 1.41. The minimum Gasteiger partial charge on any atom is -0.307 e. The summed E-state index contributed by atoms with van der Waals surface area (Å²) >= 11 is 5.89. The molecule has 7 heteroatoms. The molecular weight excluding hydrogens is 280 g/mol. The topological polar surface area (TPSA) is 73.8 Å². The molecule has 1 aliphatic carbocycles. The van der Waals surface area contributed by atoms with E-state index in [2.05, 4.69) is 10.2 Å². The molecule has 0 spiro atoms. The Kier molecular flexibility index (Phi) is 3.17. The molecule has 1 saturated carbocycles. The second kappa shape index (κ2) is 4.86. The smallest absolute Gasteiger partial charge is 0.280 e. The normalized spacial score (nSPS) is 14.5. The van der Waals surface area contributed by atoms with Gasteiger partial charge in [0.1, 0.15) is 5.82 Å². The molecule has 0 radical (unpaired) electrons. The zero-order valence-corrected chi connectivity index (χ0v) is 11.7. The number of hydrogen-bond donors (Lipinski definition) is 0. The fraction of sp³-hybridized carbons (Fsp3) is 0.385. The molecule has 3 rings (SSSR count). The van der Waals surface area contributed by atoms with Gasteiger partial charge in [-0.2, -0.15) is 0 Å². The number of aromatic nitrogens is 3. The Morgan fingerprint density at radius 1 is 1.45 bits per heavy atom. The second-order valence-corrected chi connectivity index (χ2v) is 5.17. The number of nitro groups is 1. The van der Waals surface area contributed by atoms with Gasteiger partial charge in [0, 0.05) is 12.1 Å². The van der Waals surface area contributed by atoms with Crippen molar-refractivity contribution in [2.24, 2.45) is 0 Å². The highest BCUT2D eigenvalue weighted by atomic mass is 35.5. The van der Waals surface area contributed by atoms with Crippen LogP contribution in [0.15, 0.2) is 18.2 Å². The first-order valence-corrected chi connectivity index (χ1v) is 6.91. The molecule has 6 nitrogen and oxygen atoms in total. The molecule has 1 fully saturated rings. The minimum absolute atomic E-state index is 0.0559. The Morgan fingerprint density at radius 3 is 2.80 bits per heavy atom. The van der Waals surface area contributed by atoms with Crippen LogP contribution < -0.4 is 0 Å². The van der Waals surface area contributed by atoms with E-state index in [-0.39, 0.29) is 16.5 Å². The standard InChI is InChI=1S/C13H13ClN4O2/c1-8-3-2-4-10(18(19)20)12(8)13-16-15-11(7-14)17(13)9-5-6-9/h2-4,9H,5-7H2,1H3. The Hall–Kier alpha value is -1.95. The molecule has 1 heterocycles. The summed E-state index contributed by atoms with van der Waals surface area (Å²) in [7, 11) is 0. The molecular formula is C13H13ClN4O2. The van der Waals surface area contributed by atoms with Crippen molar-refractivity contribution in [2.45, 2.75) is 31.7 Å². The van der Waals surface area contributed by atoms with Gasteiger partial charge in [-0.1, -0.05) is 12.1 Å². The minimum atomic E-state index is -0.380. The van der Waals surface area contributed by atoms with E-state index in [4.69, 9.17) is 11.6 Å². The van der Waals surface area contributed by atoms with Crippen molar-refractivity contribution in [3.63, 3.8) is 0 Å². The van der Waals surface area contributed by atoms with Crippen LogP contribution in [0.25, 0.3) is 11.4 Å². The van der Waals surface area contributed by atoms with Gasteiger partial charge < -0.3 is 4.57 Å². The Balaban J connectivity index is 2.24. The highest BCUT2D eigenvalue weighted by Gasteiger charge is 2.32. The lowest BCUT2D eigenvalue weighted by atomic mass is 10.1. The summed E-state index contributed by atoms with van der Waals surface area (Å²) < 4.78 is 1.95. The van der Waals surface area contributed by atoms with Gasteiger partial charge in [0.25, 0.3) is 5.69 Å². The molecule has 1 aromatic heterocycles. The summed E-state index contributed by atoms with van der Waals surface area (Å²) in [5, 5.41) is 19.5. The van der Waals surface area contributed by atoms with Crippen LogP contribution in [0.4, 0.5) is 5.69 Å². The molecule has 0 bridgehead atoms. The Bertz CT molecular complexity index is 679. The van der Waals surface area contributed by atoms with Crippen LogP contribution in [0, 0.1) is 17.0 Å². The van der Waals surface area contributed by atoms with Crippen LogP contribution in [-0.4, -0.2) is 19.7 Å². The number of aryl methyl sites for hydroxylation is 1. The zero-order valence-electron chi connectivity index (χ0n) is 10.9. The molecule has 0 amide bonds. The highest BCUT2D eigenvalue weighted by molar-refractivity contribution is 6.16. The molecule has 104 valence electrons. The fourth-order valence-electron chi connectivity index (χ4n) is 2.40. The van der Waals surface area contributed by atoms with E-state index in [0.29, 0.717) is 23.3 Å². The van der Waals surface area contributed by atoms with E-state index < -0.39 is 0 Å². The SMILES string of the molecule is Cc1cccc([N+](=O)[O-])c1-c1nnc(CCl)n1C1CC1. The van der Waals surface area contributed by atoms with Gasteiger partial charge in [0.15, 0.2) is 5.82 Å². The molecule has 2 aromatic rings. The van der Waals surface area contributed by atoms with Crippen LogP contribution >= 0.6 is 11.6 Å². The van der Waals surface area contributed by atoms with Crippen molar-refractivity contribution in [2.75, 3.05) is 0 Å². The summed E-state index contributed by atoms with van der Waals surface area (Å²) in [6.07, 6.45) is 2.07. The lowest BCUT2D eigenvalue weighted by molar-refractivity contribution is -0.384. The summed E-state index contributed by atoms with van der Waals surface area (Å²) in [6, 6.07) is 5.33. The van der Waals surface area contributed by atoms with E-state index >= 15 is 0 Å². The molecule has 0 N–H and O–H groups in total. The van der Waals surface area contributed by atoms with Crippen LogP contribution in [0.5, 0.6) is 0 Å². The molecule has 0 atom stereocenters. The fourth-order valence-corrected chi connectivity index (χ4v) is 2.58. The number of alkyl halides is 1. The average Bonchev–Trinajstić information content (AvgIpc) is 3.18. The quantitative estimate of drug-likeness (QED) is 0.492. The van der Waals surface area contributed by atoms with Gasteiger partial charge in [0.2, 0.25) is 0 Å². The van der Waals surface area contributed by atoms with E-state index in [0.717, 1.165) is 18.4 Å². The average molecular weight is 293 g/mol. The number of halogens is 1. The number of hydrogen-bond acceptors (Lipinski definition) is 4. The third-order valence-electron chi connectivity index (χ3n) is 3.47. The Labute approximate surface area is 120 Å². The van der Waals surface area contributed by atoms with Crippen molar-refractivity contribution in [3.8, 4) is 11.4 Å². The maximum absolute atomic E-state index is 11.2. The monoisotopic (exact) mass is 292 g/mol. The van der Waals surface area contributed by atoms with E-state index in [1.54, 1.807) is 6.07 Å². The highest BCUT2D eigenvalue weighted by Crippen LogP contribution is 2.41. The van der Waals surface area contributed by atoms with Crippen molar-refractivity contribution < 1.29 is 4.92 Å². The van der Waals surface area contributed by atoms with Crippen molar-refractivity contribution in [3.05, 3.63) is 39.7 Å². The number of nitro benzene ring substituents is 1. The molecule has 1 aliphatic rings. The van der Waals surface area contributed by atoms with Gasteiger partial charge >= 0.3 is 0 Å². The maximum atomic E-state index is 11.2. The van der Waals surface area contributed by atoms with E-state index in [9.17, 15) is 10.1 Å². The van der Waals surface area contributed by atoms with Crippen molar-refractivity contribution in [1.82, 2.24) is 14.8 Å². The van der Waals surface area contributed by atoms with Crippen molar-refractivity contribution >= 4 is 17.3 Å². The summed E-state index contributed by atoms with van der Waals surface area (Å²) in [5.74, 6) is 1.47. The lowest BCUT2D eigenvalue weighted by Gasteiger charge is -2.10. The van der Waals surface area contributed by atoms with Gasteiger partial charge in [-0.3, -0.25) is 10.1 Å². The number of rotatable bonds is 4. The first-order valence-electron chi connectivity index (χ1n) is 6.37. The molecule has 0 saturated heterocycles. The molecule has 0 unspecified atom stereocenters. The predicted octanol–water partition coefficient (Wildman–Crippen LogP) is 3.24. The molecule has 0 aliphatic heterocycles. The van der Waals surface area contributed by atoms with Crippen LogP contribution in [-0.2, 0) is 5.88 Å². The third-order valence-corrected chi connectivity index (χ3v) is 3.71. The summed E-state index contributed by atoms with van der Waals surface area (Å²) in [4.78, 5) is 10.9. The number of benzene rings is 1. The molecule has 1 aromatic carbocycles. The van der Waals surface area contributed by atoms with Crippen molar-refractivity contribution in [1.29, 1.82) is 0 Å². The summed E-state index contributed by atoms with van der Waals surface area (Å²) in [6.45, 7) is 1.84. The number of nitrogens with zero attached hydrogens (tertiary/aromatic N) is 4.